The molecule has 2 nitrogen and oxygen atoms in total. The van der Waals surface area contributed by atoms with E-state index in [4.69, 9.17) is 10.5 Å². The third-order valence-electron chi connectivity index (χ3n) is 4.71. The van der Waals surface area contributed by atoms with Gasteiger partial charge in [0.2, 0.25) is 0 Å². The van der Waals surface area contributed by atoms with Crippen LogP contribution in [0.4, 0.5) is 0 Å². The zero-order valence-electron chi connectivity index (χ0n) is 10.2. The highest BCUT2D eigenvalue weighted by molar-refractivity contribution is 4.90. The van der Waals surface area contributed by atoms with Crippen molar-refractivity contribution in [3.05, 3.63) is 0 Å². The lowest BCUT2D eigenvalue weighted by molar-refractivity contribution is -0.0517. The van der Waals surface area contributed by atoms with Crippen LogP contribution in [0.1, 0.15) is 46.0 Å². The largest absolute Gasteiger partial charge is 0.374 e. The summed E-state index contributed by atoms with van der Waals surface area (Å²) in [4.78, 5) is 0. The van der Waals surface area contributed by atoms with Gasteiger partial charge in [-0.1, -0.05) is 13.3 Å². The third-order valence-corrected chi connectivity index (χ3v) is 4.71. The van der Waals surface area contributed by atoms with Crippen molar-refractivity contribution in [1.82, 2.24) is 0 Å². The monoisotopic (exact) mass is 211 g/mol. The molecule has 0 heterocycles. The van der Waals surface area contributed by atoms with Crippen LogP contribution in [0.15, 0.2) is 0 Å². The third kappa shape index (κ3) is 2.36. The van der Waals surface area contributed by atoms with Crippen LogP contribution in [-0.4, -0.2) is 18.8 Å². The summed E-state index contributed by atoms with van der Waals surface area (Å²) in [5, 5.41) is 0. The first-order valence-corrected chi connectivity index (χ1v) is 6.51. The molecule has 0 aliphatic heterocycles. The molecule has 2 heteroatoms. The van der Waals surface area contributed by atoms with E-state index in [-0.39, 0.29) is 5.60 Å². The molecule has 88 valence electrons. The molecule has 4 atom stereocenters. The van der Waals surface area contributed by atoms with Crippen molar-refractivity contribution in [1.29, 1.82) is 0 Å². The van der Waals surface area contributed by atoms with Gasteiger partial charge in [0, 0.05) is 6.54 Å². The Bertz CT molecular complexity index is 213. The molecule has 15 heavy (non-hydrogen) atoms. The van der Waals surface area contributed by atoms with Crippen LogP contribution in [0.25, 0.3) is 0 Å². The van der Waals surface area contributed by atoms with Gasteiger partial charge >= 0.3 is 0 Å². The number of hydrogen-bond acceptors (Lipinski definition) is 2. The maximum absolute atomic E-state index is 6.04. The molecule has 2 aliphatic carbocycles. The van der Waals surface area contributed by atoms with Gasteiger partial charge in [0.05, 0.1) is 12.2 Å². The maximum atomic E-state index is 6.04. The van der Waals surface area contributed by atoms with Gasteiger partial charge in [-0.05, 0) is 50.4 Å². The average Bonchev–Trinajstić information content (AvgIpc) is 2.87. The normalized spacial score (nSPS) is 38.2. The average molecular weight is 211 g/mol. The van der Waals surface area contributed by atoms with Crippen molar-refractivity contribution in [3.63, 3.8) is 0 Å². The first kappa shape index (κ1) is 11.4. The van der Waals surface area contributed by atoms with Crippen molar-refractivity contribution in [2.24, 2.45) is 23.5 Å². The molecule has 0 spiro atoms. The summed E-state index contributed by atoms with van der Waals surface area (Å²) in [5.41, 5.74) is 5.67. The molecule has 2 rings (SSSR count). The van der Waals surface area contributed by atoms with Gasteiger partial charge in [-0.15, -0.1) is 0 Å². The Labute approximate surface area is 93.6 Å². The van der Waals surface area contributed by atoms with Crippen LogP contribution >= 0.6 is 0 Å². The Morgan fingerprint density at radius 2 is 2.13 bits per heavy atom. The van der Waals surface area contributed by atoms with E-state index in [1.807, 2.05) is 0 Å². The lowest BCUT2D eigenvalue weighted by Crippen LogP contribution is -2.38. The van der Waals surface area contributed by atoms with E-state index in [0.29, 0.717) is 6.54 Å². The van der Waals surface area contributed by atoms with Crippen molar-refractivity contribution in [2.45, 2.75) is 51.6 Å². The molecule has 4 unspecified atom stereocenters. The summed E-state index contributed by atoms with van der Waals surface area (Å²) in [5.74, 6) is 2.82. The number of rotatable bonds is 5. The van der Waals surface area contributed by atoms with Gasteiger partial charge in [-0.25, -0.2) is 0 Å². The van der Waals surface area contributed by atoms with Gasteiger partial charge in [-0.2, -0.15) is 0 Å². The molecule has 0 aromatic carbocycles. The van der Waals surface area contributed by atoms with Crippen molar-refractivity contribution < 1.29 is 4.74 Å². The Morgan fingerprint density at radius 3 is 2.60 bits per heavy atom. The van der Waals surface area contributed by atoms with Crippen molar-refractivity contribution in [2.75, 3.05) is 13.2 Å². The van der Waals surface area contributed by atoms with Crippen LogP contribution in [0.3, 0.4) is 0 Å². The van der Waals surface area contributed by atoms with E-state index in [1.54, 1.807) is 0 Å². The fraction of sp³-hybridized carbons (Fsp3) is 1.00. The van der Waals surface area contributed by atoms with Crippen molar-refractivity contribution in [3.8, 4) is 0 Å². The minimum atomic E-state index is -0.0815. The van der Waals surface area contributed by atoms with Crippen LogP contribution in [0.5, 0.6) is 0 Å². The summed E-state index contributed by atoms with van der Waals surface area (Å²) >= 11 is 0. The van der Waals surface area contributed by atoms with E-state index in [9.17, 15) is 0 Å². The fourth-order valence-corrected chi connectivity index (χ4v) is 3.19. The number of hydrogen-bond donors (Lipinski definition) is 1. The molecule has 2 aliphatic rings. The van der Waals surface area contributed by atoms with Gasteiger partial charge in [-0.3, -0.25) is 0 Å². The first-order chi connectivity index (χ1) is 7.17. The highest BCUT2D eigenvalue weighted by Gasteiger charge is 2.40. The molecular formula is C13H25NO. The topological polar surface area (TPSA) is 35.2 Å². The summed E-state index contributed by atoms with van der Waals surface area (Å²) < 4.78 is 6.04. The standard InChI is InChI=1S/C13H25NO/c1-3-13(2,9-14)15-8-12-7-10-4-5-11(12)6-10/h10-12H,3-9,14H2,1-2H3. The zero-order valence-corrected chi connectivity index (χ0v) is 10.2. The quantitative estimate of drug-likeness (QED) is 0.758. The fourth-order valence-electron chi connectivity index (χ4n) is 3.19. The summed E-state index contributed by atoms with van der Waals surface area (Å²) in [6, 6.07) is 0. The van der Waals surface area contributed by atoms with E-state index in [2.05, 4.69) is 13.8 Å². The molecule has 2 saturated carbocycles. The van der Waals surface area contributed by atoms with Crippen molar-refractivity contribution >= 4 is 0 Å². The van der Waals surface area contributed by atoms with E-state index >= 15 is 0 Å². The summed E-state index contributed by atoms with van der Waals surface area (Å²) in [6.07, 6.45) is 6.83. The smallest absolute Gasteiger partial charge is 0.0773 e. The number of fused-ring (bicyclic) bond motifs is 2. The van der Waals surface area contributed by atoms with Gasteiger partial charge in [0.25, 0.3) is 0 Å². The molecule has 2 fully saturated rings. The Kier molecular flexibility index (Phi) is 3.36. The molecule has 2 N–H and O–H groups in total. The maximum Gasteiger partial charge on any atom is 0.0773 e. The van der Waals surface area contributed by atoms with Crippen LogP contribution in [0, 0.1) is 17.8 Å². The van der Waals surface area contributed by atoms with Crippen LogP contribution in [0.2, 0.25) is 0 Å². The minimum Gasteiger partial charge on any atom is -0.374 e. The Balaban J connectivity index is 1.78. The minimum absolute atomic E-state index is 0.0815. The van der Waals surface area contributed by atoms with E-state index in [1.165, 1.54) is 25.7 Å². The molecular weight excluding hydrogens is 186 g/mol. The predicted molar refractivity (Wildman–Crippen MR) is 62.6 cm³/mol. The molecule has 2 bridgehead atoms. The molecule has 0 radical (unpaired) electrons. The second kappa shape index (κ2) is 4.42. The van der Waals surface area contributed by atoms with Gasteiger partial charge < -0.3 is 10.5 Å². The Hall–Kier alpha value is -0.0800. The first-order valence-electron chi connectivity index (χ1n) is 6.51. The number of ether oxygens (including phenoxy) is 1. The molecule has 0 aromatic rings. The summed E-state index contributed by atoms with van der Waals surface area (Å²) in [6.45, 7) is 5.89. The lowest BCUT2D eigenvalue weighted by atomic mass is 9.89. The van der Waals surface area contributed by atoms with E-state index < -0.39 is 0 Å². The second-order valence-corrected chi connectivity index (χ2v) is 5.75. The van der Waals surface area contributed by atoms with Crippen LogP contribution in [-0.2, 0) is 4.74 Å². The highest BCUT2D eigenvalue weighted by atomic mass is 16.5. The summed E-state index contributed by atoms with van der Waals surface area (Å²) in [7, 11) is 0. The molecule has 0 aromatic heterocycles. The zero-order chi connectivity index (χ0) is 10.9. The van der Waals surface area contributed by atoms with Crippen LogP contribution < -0.4 is 5.73 Å². The number of nitrogens with two attached hydrogens (primary N) is 1. The molecule has 0 amide bonds. The SMILES string of the molecule is CCC(C)(CN)OCC1CC2CCC1C2. The van der Waals surface area contributed by atoms with Gasteiger partial charge in [0.1, 0.15) is 0 Å². The molecule has 0 saturated heterocycles. The van der Waals surface area contributed by atoms with Gasteiger partial charge in [0.15, 0.2) is 0 Å². The predicted octanol–water partition coefficient (Wildman–Crippen LogP) is 2.57. The second-order valence-electron chi connectivity index (χ2n) is 5.75. The highest BCUT2D eigenvalue weighted by Crippen LogP contribution is 2.48. The Morgan fingerprint density at radius 1 is 1.33 bits per heavy atom. The lowest BCUT2D eigenvalue weighted by Gasteiger charge is -2.31. The van der Waals surface area contributed by atoms with E-state index in [0.717, 1.165) is 30.8 Å².